The first-order chi connectivity index (χ1) is 15.5. The lowest BCUT2D eigenvalue weighted by molar-refractivity contribution is 0.102. The van der Waals surface area contributed by atoms with Gasteiger partial charge in [0.15, 0.2) is 0 Å². The van der Waals surface area contributed by atoms with Crippen LogP contribution in [0.3, 0.4) is 0 Å². The van der Waals surface area contributed by atoms with Crippen LogP contribution in [-0.2, 0) is 12.8 Å². The van der Waals surface area contributed by atoms with Gasteiger partial charge in [-0.15, -0.1) is 10.2 Å². The highest BCUT2D eigenvalue weighted by Gasteiger charge is 2.21. The van der Waals surface area contributed by atoms with Crippen LogP contribution in [0.4, 0.5) is 9.52 Å². The summed E-state index contributed by atoms with van der Waals surface area (Å²) in [6.07, 6.45) is 2.99. The second-order valence-electron chi connectivity index (χ2n) is 7.13. The summed E-state index contributed by atoms with van der Waals surface area (Å²) in [5.74, 6) is -0.588. The molecule has 2 heterocycles. The number of methoxy groups -OCH3 is 1. The number of carbonyl (C=O) groups excluding carboxylic acids is 1. The quantitative estimate of drug-likeness (QED) is 0.426. The molecule has 1 N–H and O–H groups in total. The number of aromatic nitrogens is 3. The average molecular weight is 449 g/mol. The Hall–Kier alpha value is -3.65. The second kappa shape index (κ2) is 9.65. The molecule has 2 aromatic heterocycles. The maximum atomic E-state index is 14.7. The molecule has 0 bridgehead atoms. The zero-order valence-corrected chi connectivity index (χ0v) is 18.4. The average Bonchev–Trinajstić information content (AvgIpc) is 3.25. The number of anilines is 1. The normalized spacial score (nSPS) is 10.7. The molecule has 32 heavy (non-hydrogen) atoms. The van der Waals surface area contributed by atoms with E-state index < -0.39 is 11.7 Å². The van der Waals surface area contributed by atoms with Crippen molar-refractivity contribution in [2.24, 2.45) is 0 Å². The van der Waals surface area contributed by atoms with Crippen molar-refractivity contribution in [2.75, 3.05) is 12.4 Å². The fourth-order valence-corrected chi connectivity index (χ4v) is 4.08. The van der Waals surface area contributed by atoms with E-state index in [2.05, 4.69) is 32.6 Å². The Bertz CT molecular complexity index is 1240. The number of benzene rings is 2. The molecular formula is C24H21FN4O2S. The Morgan fingerprint density at radius 3 is 2.69 bits per heavy atom. The van der Waals surface area contributed by atoms with Gasteiger partial charge in [-0.3, -0.25) is 15.1 Å². The molecule has 0 aliphatic carbocycles. The van der Waals surface area contributed by atoms with Gasteiger partial charge in [0.1, 0.15) is 16.6 Å². The van der Waals surface area contributed by atoms with Crippen molar-refractivity contribution in [3.8, 4) is 16.9 Å². The molecule has 0 saturated heterocycles. The highest BCUT2D eigenvalue weighted by atomic mass is 32.1. The van der Waals surface area contributed by atoms with Gasteiger partial charge in [0.25, 0.3) is 5.91 Å². The zero-order chi connectivity index (χ0) is 22.5. The lowest BCUT2D eigenvalue weighted by Gasteiger charge is -2.14. The number of pyridine rings is 1. The van der Waals surface area contributed by atoms with E-state index in [0.717, 1.165) is 17.8 Å². The van der Waals surface area contributed by atoms with Crippen molar-refractivity contribution in [1.82, 2.24) is 15.2 Å². The summed E-state index contributed by atoms with van der Waals surface area (Å²) in [6, 6.07) is 16.3. The minimum atomic E-state index is -0.483. The van der Waals surface area contributed by atoms with E-state index in [1.807, 2.05) is 18.2 Å². The van der Waals surface area contributed by atoms with Gasteiger partial charge in [0, 0.05) is 23.9 Å². The monoisotopic (exact) mass is 448 g/mol. The number of hydrogen-bond acceptors (Lipinski definition) is 6. The van der Waals surface area contributed by atoms with Gasteiger partial charge in [0.2, 0.25) is 5.13 Å². The van der Waals surface area contributed by atoms with Crippen molar-refractivity contribution in [3.63, 3.8) is 0 Å². The molecule has 0 saturated carbocycles. The lowest BCUT2D eigenvalue weighted by atomic mass is 9.98. The number of carbonyl (C=O) groups is 1. The van der Waals surface area contributed by atoms with E-state index in [4.69, 9.17) is 4.74 Å². The molecule has 0 aliphatic heterocycles. The van der Waals surface area contributed by atoms with Crippen LogP contribution in [0.2, 0.25) is 0 Å². The molecule has 8 heteroatoms. The Labute approximate surface area is 189 Å². The second-order valence-corrected chi connectivity index (χ2v) is 8.19. The fourth-order valence-electron chi connectivity index (χ4n) is 3.35. The zero-order valence-electron chi connectivity index (χ0n) is 17.6. The van der Waals surface area contributed by atoms with Gasteiger partial charge in [-0.1, -0.05) is 47.7 Å². The smallest absolute Gasteiger partial charge is 0.259 e. The van der Waals surface area contributed by atoms with Crippen LogP contribution < -0.4 is 10.1 Å². The molecule has 0 fully saturated rings. The standard InChI is InChI=1S/C24H21FN4O2S/c1-15-13-17(22-19(25)9-6-10-20(22)31-2)18(14-26-15)23(30)27-24-29-28-21(32-24)12-11-16-7-4-3-5-8-16/h3-10,13-14H,11-12H2,1-2H3,(H,27,29,30). The van der Waals surface area contributed by atoms with Crippen LogP contribution in [0.25, 0.3) is 11.1 Å². The Morgan fingerprint density at radius 1 is 1.09 bits per heavy atom. The first-order valence-electron chi connectivity index (χ1n) is 10.0. The summed E-state index contributed by atoms with van der Waals surface area (Å²) in [6.45, 7) is 1.78. The topological polar surface area (TPSA) is 77.0 Å². The molecule has 0 radical (unpaired) electrons. The summed E-state index contributed by atoms with van der Waals surface area (Å²) in [4.78, 5) is 17.3. The summed E-state index contributed by atoms with van der Waals surface area (Å²) < 4.78 is 20.0. The van der Waals surface area contributed by atoms with Gasteiger partial charge in [-0.25, -0.2) is 4.39 Å². The third-order valence-corrected chi connectivity index (χ3v) is 5.81. The molecule has 0 atom stereocenters. The Kier molecular flexibility index (Phi) is 6.51. The van der Waals surface area contributed by atoms with Gasteiger partial charge in [0.05, 0.1) is 18.2 Å². The lowest BCUT2D eigenvalue weighted by Crippen LogP contribution is -2.14. The largest absolute Gasteiger partial charge is 0.496 e. The third-order valence-electron chi connectivity index (χ3n) is 4.91. The molecule has 1 amide bonds. The highest BCUT2D eigenvalue weighted by molar-refractivity contribution is 7.15. The number of nitrogens with zero attached hydrogens (tertiary/aromatic N) is 3. The van der Waals surface area contributed by atoms with Gasteiger partial charge < -0.3 is 4.74 Å². The fraction of sp³-hybridized carbons (Fsp3) is 0.167. The van der Waals surface area contributed by atoms with Crippen molar-refractivity contribution >= 4 is 22.4 Å². The maximum Gasteiger partial charge on any atom is 0.259 e. The number of aryl methyl sites for hydroxylation is 3. The minimum absolute atomic E-state index is 0.214. The minimum Gasteiger partial charge on any atom is -0.496 e. The molecule has 0 spiro atoms. The third kappa shape index (κ3) is 4.81. The summed E-state index contributed by atoms with van der Waals surface area (Å²) >= 11 is 1.32. The van der Waals surface area contributed by atoms with Crippen LogP contribution >= 0.6 is 11.3 Å². The van der Waals surface area contributed by atoms with Crippen molar-refractivity contribution in [3.05, 3.63) is 88.4 Å². The Balaban J connectivity index is 1.56. The van der Waals surface area contributed by atoms with Crippen molar-refractivity contribution in [2.45, 2.75) is 19.8 Å². The summed E-state index contributed by atoms with van der Waals surface area (Å²) in [5, 5.41) is 12.2. The van der Waals surface area contributed by atoms with E-state index in [1.54, 1.807) is 25.1 Å². The van der Waals surface area contributed by atoms with Crippen LogP contribution in [0.5, 0.6) is 5.75 Å². The summed E-state index contributed by atoms with van der Waals surface area (Å²) in [5.41, 5.74) is 2.70. The van der Waals surface area contributed by atoms with Crippen LogP contribution in [-0.4, -0.2) is 28.2 Å². The molecule has 0 unspecified atom stereocenters. The molecule has 2 aromatic carbocycles. The van der Waals surface area contributed by atoms with Crippen LogP contribution in [0.15, 0.2) is 60.8 Å². The highest BCUT2D eigenvalue weighted by Crippen LogP contribution is 2.35. The number of halogens is 1. The van der Waals surface area contributed by atoms with E-state index >= 15 is 0 Å². The first kappa shape index (κ1) is 21.6. The number of amides is 1. The van der Waals surface area contributed by atoms with Gasteiger partial charge >= 0.3 is 0 Å². The van der Waals surface area contributed by atoms with Crippen molar-refractivity contribution < 1.29 is 13.9 Å². The van der Waals surface area contributed by atoms with E-state index in [9.17, 15) is 9.18 Å². The molecule has 162 valence electrons. The maximum absolute atomic E-state index is 14.7. The predicted octanol–water partition coefficient (Wildman–Crippen LogP) is 5.09. The molecular weight excluding hydrogens is 427 g/mol. The molecule has 4 aromatic rings. The molecule has 6 nitrogen and oxygen atoms in total. The van der Waals surface area contributed by atoms with E-state index in [-0.39, 0.29) is 11.1 Å². The molecule has 4 rings (SSSR count). The number of ether oxygens (including phenoxy) is 1. The predicted molar refractivity (Wildman–Crippen MR) is 123 cm³/mol. The summed E-state index contributed by atoms with van der Waals surface area (Å²) in [7, 11) is 1.46. The SMILES string of the molecule is COc1cccc(F)c1-c1cc(C)ncc1C(=O)Nc1nnc(CCc2ccccc2)s1. The number of rotatable bonds is 7. The number of nitrogens with one attached hydrogen (secondary N) is 1. The number of hydrogen-bond donors (Lipinski definition) is 1. The van der Waals surface area contributed by atoms with Crippen molar-refractivity contribution in [1.29, 1.82) is 0 Å². The van der Waals surface area contributed by atoms with Crippen LogP contribution in [0, 0.1) is 12.7 Å². The van der Waals surface area contributed by atoms with Gasteiger partial charge in [-0.2, -0.15) is 0 Å². The Morgan fingerprint density at radius 2 is 1.91 bits per heavy atom. The first-order valence-corrected chi connectivity index (χ1v) is 10.8. The molecule has 0 aliphatic rings. The van der Waals surface area contributed by atoms with Crippen LogP contribution in [0.1, 0.15) is 26.6 Å². The van der Waals surface area contributed by atoms with Gasteiger partial charge in [-0.05, 0) is 37.1 Å². The van der Waals surface area contributed by atoms with E-state index in [1.165, 1.54) is 36.3 Å². The van der Waals surface area contributed by atoms with E-state index in [0.29, 0.717) is 22.1 Å².